The molecule has 0 bridgehead atoms. The molecule has 0 saturated heterocycles. The smallest absolute Gasteiger partial charge is 0.164 e. The number of fused-ring (bicyclic) bond motifs is 5. The summed E-state index contributed by atoms with van der Waals surface area (Å²) >= 11 is 0. The second-order valence-electron chi connectivity index (χ2n) is 14.4. The van der Waals surface area contributed by atoms with Crippen LogP contribution in [0.2, 0.25) is 0 Å². The predicted octanol–water partition coefficient (Wildman–Crippen LogP) is 13.7. The van der Waals surface area contributed by atoms with E-state index in [1.807, 2.05) is 42.5 Å². The van der Waals surface area contributed by atoms with E-state index in [4.69, 9.17) is 19.4 Å². The highest BCUT2D eigenvalue weighted by Crippen LogP contribution is 2.46. The van der Waals surface area contributed by atoms with Gasteiger partial charge in [0.25, 0.3) is 0 Å². The summed E-state index contributed by atoms with van der Waals surface area (Å²) in [5, 5.41) is 3.28. The molecule has 5 nitrogen and oxygen atoms in total. The molecule has 0 saturated carbocycles. The molecule has 3 aromatic heterocycles. The van der Waals surface area contributed by atoms with Crippen LogP contribution in [0.4, 0.5) is 0 Å². The van der Waals surface area contributed by atoms with Gasteiger partial charge in [0, 0.05) is 44.3 Å². The molecular weight excluding hydrogens is 709 g/mol. The van der Waals surface area contributed by atoms with E-state index in [1.54, 1.807) is 0 Å². The van der Waals surface area contributed by atoms with Crippen molar-refractivity contribution >= 4 is 32.8 Å². The van der Waals surface area contributed by atoms with E-state index < -0.39 is 0 Å². The van der Waals surface area contributed by atoms with Gasteiger partial charge in [0.2, 0.25) is 0 Å². The van der Waals surface area contributed by atoms with Crippen molar-refractivity contribution in [3.05, 3.63) is 206 Å². The fourth-order valence-corrected chi connectivity index (χ4v) is 8.15. The maximum atomic E-state index is 7.01. The summed E-state index contributed by atoms with van der Waals surface area (Å²) < 4.78 is 9.33. The quantitative estimate of drug-likeness (QED) is 0.163. The summed E-state index contributed by atoms with van der Waals surface area (Å²) in [6.45, 7) is 0. The molecule has 3 heterocycles. The van der Waals surface area contributed by atoms with Crippen LogP contribution in [0, 0.1) is 0 Å². The lowest BCUT2D eigenvalue weighted by Gasteiger charge is -2.12. The average Bonchev–Trinajstić information content (AvgIpc) is 3.87. The van der Waals surface area contributed by atoms with Crippen LogP contribution in [0.25, 0.3) is 106 Å². The van der Waals surface area contributed by atoms with Gasteiger partial charge in [0.1, 0.15) is 11.3 Å². The maximum absolute atomic E-state index is 7.01. The molecule has 0 N–H and O–H groups in total. The van der Waals surface area contributed by atoms with Crippen molar-refractivity contribution in [1.29, 1.82) is 0 Å². The normalized spacial score (nSPS) is 11.4. The first-order valence-electron chi connectivity index (χ1n) is 19.4. The van der Waals surface area contributed by atoms with Crippen molar-refractivity contribution in [3.63, 3.8) is 0 Å². The molecule has 0 spiro atoms. The Morgan fingerprint density at radius 1 is 0.345 bits per heavy atom. The van der Waals surface area contributed by atoms with Crippen molar-refractivity contribution < 1.29 is 4.42 Å². The van der Waals surface area contributed by atoms with Gasteiger partial charge in [-0.3, -0.25) is 0 Å². The third-order valence-corrected chi connectivity index (χ3v) is 10.9. The van der Waals surface area contributed by atoms with Gasteiger partial charge in [-0.05, 0) is 47.0 Å². The lowest BCUT2D eigenvalue weighted by Crippen LogP contribution is -2.01. The zero-order valence-corrected chi connectivity index (χ0v) is 31.3. The summed E-state index contributed by atoms with van der Waals surface area (Å²) in [6.07, 6.45) is 0. The third kappa shape index (κ3) is 5.76. The van der Waals surface area contributed by atoms with Crippen LogP contribution in [-0.4, -0.2) is 19.5 Å². The first-order valence-corrected chi connectivity index (χ1v) is 19.4. The predicted molar refractivity (Wildman–Crippen MR) is 237 cm³/mol. The van der Waals surface area contributed by atoms with Gasteiger partial charge in [-0.25, -0.2) is 15.0 Å². The van der Waals surface area contributed by atoms with Crippen molar-refractivity contribution in [2.75, 3.05) is 0 Å². The van der Waals surface area contributed by atoms with Crippen LogP contribution in [0.5, 0.6) is 0 Å². The molecule has 0 fully saturated rings. The second kappa shape index (κ2) is 14.0. The zero-order valence-electron chi connectivity index (χ0n) is 31.3. The fourth-order valence-electron chi connectivity index (χ4n) is 8.15. The van der Waals surface area contributed by atoms with Crippen LogP contribution in [-0.2, 0) is 0 Å². The Balaban J connectivity index is 1.09. The van der Waals surface area contributed by atoms with E-state index in [-0.39, 0.29) is 0 Å². The standard InChI is InChI=1S/C53H34N4O/c1-5-16-35(17-6-1)36-28-30-40(31-29-36)52-54-51(39-22-11-4-12-23-39)55-53(56-52)41-24-15-25-42(34-41)57-45-27-14-13-26-43(45)48-46(57)33-32-44-47(37-18-7-2-8-19-37)49(58-50(44)48)38-20-9-3-10-21-38/h1-34H. The number of nitrogens with zero attached hydrogens (tertiary/aromatic N) is 4. The highest BCUT2D eigenvalue weighted by molar-refractivity contribution is 6.22. The summed E-state index contributed by atoms with van der Waals surface area (Å²) in [5.74, 6) is 2.71. The SMILES string of the molecule is c1ccc(-c2ccc(-c3nc(-c4ccccc4)nc(-c4cccc(-n5c6ccccc6c6c7oc(-c8ccccc8)c(-c8ccccc8)c7ccc65)c4)n3)cc2)cc1. The molecule has 5 heteroatoms. The monoisotopic (exact) mass is 742 g/mol. The minimum absolute atomic E-state index is 0.604. The van der Waals surface area contributed by atoms with E-state index in [0.29, 0.717) is 17.5 Å². The lowest BCUT2D eigenvalue weighted by atomic mass is 9.98. The summed E-state index contributed by atoms with van der Waals surface area (Å²) in [7, 11) is 0. The number of hydrogen-bond acceptors (Lipinski definition) is 4. The number of para-hydroxylation sites is 1. The maximum Gasteiger partial charge on any atom is 0.164 e. The highest BCUT2D eigenvalue weighted by atomic mass is 16.3. The minimum atomic E-state index is 0.604. The first-order chi connectivity index (χ1) is 28.8. The lowest BCUT2D eigenvalue weighted by molar-refractivity contribution is 0.636. The summed E-state index contributed by atoms with van der Waals surface area (Å²) in [5.41, 5.74) is 12.3. The second-order valence-corrected chi connectivity index (χ2v) is 14.4. The molecule has 0 atom stereocenters. The Labute approximate surface area is 335 Å². The highest BCUT2D eigenvalue weighted by Gasteiger charge is 2.23. The Morgan fingerprint density at radius 3 is 1.52 bits per heavy atom. The zero-order chi connectivity index (χ0) is 38.4. The van der Waals surface area contributed by atoms with E-state index in [0.717, 1.165) is 83.2 Å². The van der Waals surface area contributed by atoms with Gasteiger partial charge in [0.15, 0.2) is 17.5 Å². The topological polar surface area (TPSA) is 56.7 Å². The Bertz CT molecular complexity index is 3250. The molecule has 0 radical (unpaired) electrons. The van der Waals surface area contributed by atoms with E-state index in [2.05, 4.69) is 168 Å². The van der Waals surface area contributed by atoms with Gasteiger partial charge >= 0.3 is 0 Å². The van der Waals surface area contributed by atoms with Crippen LogP contribution in [0.15, 0.2) is 211 Å². The number of furan rings is 1. The molecule has 0 unspecified atom stereocenters. The minimum Gasteiger partial charge on any atom is -0.455 e. The van der Waals surface area contributed by atoms with Crippen LogP contribution in [0.3, 0.4) is 0 Å². The molecule has 0 aliphatic carbocycles. The van der Waals surface area contributed by atoms with Gasteiger partial charge in [-0.15, -0.1) is 0 Å². The molecule has 8 aromatic carbocycles. The first kappa shape index (κ1) is 33.4. The molecule has 11 rings (SSSR count). The van der Waals surface area contributed by atoms with Crippen molar-refractivity contribution in [3.8, 4) is 73.4 Å². The van der Waals surface area contributed by atoms with Crippen molar-refractivity contribution in [2.45, 2.75) is 0 Å². The number of aromatic nitrogens is 4. The number of hydrogen-bond donors (Lipinski definition) is 0. The van der Waals surface area contributed by atoms with E-state index in [9.17, 15) is 0 Å². The van der Waals surface area contributed by atoms with E-state index >= 15 is 0 Å². The molecule has 272 valence electrons. The molecule has 0 aliphatic heterocycles. The Hall–Kier alpha value is -7.89. The molecule has 58 heavy (non-hydrogen) atoms. The Morgan fingerprint density at radius 2 is 0.845 bits per heavy atom. The van der Waals surface area contributed by atoms with Gasteiger partial charge in [-0.1, -0.05) is 176 Å². The van der Waals surface area contributed by atoms with E-state index in [1.165, 1.54) is 5.56 Å². The fraction of sp³-hybridized carbons (Fsp3) is 0. The largest absolute Gasteiger partial charge is 0.455 e. The summed E-state index contributed by atoms with van der Waals surface area (Å²) in [4.78, 5) is 15.2. The molecule has 0 aliphatic rings. The van der Waals surface area contributed by atoms with Gasteiger partial charge in [-0.2, -0.15) is 0 Å². The number of benzene rings is 8. The Kier molecular flexibility index (Phi) is 8.07. The summed E-state index contributed by atoms with van der Waals surface area (Å²) in [6, 6.07) is 71.4. The molecular formula is C53H34N4O. The van der Waals surface area contributed by atoms with Crippen LogP contribution < -0.4 is 0 Å². The van der Waals surface area contributed by atoms with Gasteiger partial charge in [0.05, 0.1) is 16.4 Å². The van der Waals surface area contributed by atoms with Gasteiger partial charge < -0.3 is 8.98 Å². The average molecular weight is 743 g/mol. The molecule has 11 aromatic rings. The number of rotatable bonds is 7. The molecule has 0 amide bonds. The van der Waals surface area contributed by atoms with Crippen molar-refractivity contribution in [2.24, 2.45) is 0 Å². The van der Waals surface area contributed by atoms with Crippen LogP contribution >= 0.6 is 0 Å². The third-order valence-electron chi connectivity index (χ3n) is 10.9. The van der Waals surface area contributed by atoms with Crippen molar-refractivity contribution in [1.82, 2.24) is 19.5 Å². The van der Waals surface area contributed by atoms with Crippen LogP contribution in [0.1, 0.15) is 0 Å².